The zero-order valence-corrected chi connectivity index (χ0v) is 15.9. The summed E-state index contributed by atoms with van der Waals surface area (Å²) in [7, 11) is 0. The van der Waals surface area contributed by atoms with Gasteiger partial charge in [-0.2, -0.15) is 0 Å². The number of benzene rings is 3. The molecule has 1 heterocycles. The summed E-state index contributed by atoms with van der Waals surface area (Å²) < 4.78 is 5.97. The molecule has 148 valence electrons. The van der Waals surface area contributed by atoms with Crippen LogP contribution in [-0.2, 0) is 0 Å². The highest BCUT2D eigenvalue weighted by Crippen LogP contribution is 2.30. The van der Waals surface area contributed by atoms with Gasteiger partial charge in [-0.1, -0.05) is 42.5 Å². The van der Waals surface area contributed by atoms with E-state index < -0.39 is 10.8 Å². The molecule has 4 aromatic rings. The molecule has 0 fully saturated rings. The van der Waals surface area contributed by atoms with Crippen molar-refractivity contribution < 1.29 is 14.1 Å². The second kappa shape index (κ2) is 7.63. The predicted octanol–water partition coefficient (Wildman–Crippen LogP) is 4.93. The van der Waals surface area contributed by atoms with Crippen molar-refractivity contribution in [2.45, 2.75) is 6.92 Å². The molecule has 0 saturated heterocycles. The van der Waals surface area contributed by atoms with E-state index in [4.69, 9.17) is 4.42 Å². The van der Waals surface area contributed by atoms with Gasteiger partial charge in [0.2, 0.25) is 11.3 Å². The normalized spacial score (nSPS) is 10.7. The highest BCUT2D eigenvalue weighted by Gasteiger charge is 2.20. The van der Waals surface area contributed by atoms with E-state index in [1.807, 2.05) is 19.1 Å². The molecule has 3 aromatic carbocycles. The molecule has 4 rings (SSSR count). The van der Waals surface area contributed by atoms with Crippen molar-refractivity contribution in [2.24, 2.45) is 0 Å². The summed E-state index contributed by atoms with van der Waals surface area (Å²) in [6, 6.07) is 19.4. The van der Waals surface area contributed by atoms with Gasteiger partial charge in [-0.15, -0.1) is 0 Å². The summed E-state index contributed by atoms with van der Waals surface area (Å²) in [4.78, 5) is 36.3. The van der Waals surface area contributed by atoms with E-state index in [0.717, 1.165) is 5.56 Å². The average Bonchev–Trinajstić information content (AvgIpc) is 2.75. The predicted molar refractivity (Wildman–Crippen MR) is 114 cm³/mol. The van der Waals surface area contributed by atoms with Crippen molar-refractivity contribution in [1.29, 1.82) is 0 Å². The number of anilines is 1. The minimum absolute atomic E-state index is 0.0244. The number of nitrogens with one attached hydrogen (secondary N) is 1. The van der Waals surface area contributed by atoms with E-state index in [2.05, 4.69) is 5.32 Å². The van der Waals surface area contributed by atoms with Crippen LogP contribution in [0.3, 0.4) is 0 Å². The number of carbonyl (C=O) groups is 1. The molecule has 0 spiro atoms. The lowest BCUT2D eigenvalue weighted by atomic mass is 10.0. The molecule has 0 aliphatic carbocycles. The van der Waals surface area contributed by atoms with Crippen LogP contribution in [-0.4, -0.2) is 10.8 Å². The highest BCUT2D eigenvalue weighted by molar-refractivity contribution is 6.06. The average molecular weight is 400 g/mol. The molecule has 1 N–H and O–H groups in total. The van der Waals surface area contributed by atoms with Crippen LogP contribution in [0.5, 0.6) is 0 Å². The molecule has 0 atom stereocenters. The van der Waals surface area contributed by atoms with E-state index in [-0.39, 0.29) is 28.1 Å². The standard InChI is InChI=1S/C23H16N2O5/c1-14-6-5-9-18-20(26)19(15-7-3-2-4-8-15)23(30-21(14)18)24-22(27)16-10-12-17(13-11-16)25(28)29/h2-13H,1H3,(H,24,27). The molecule has 0 unspecified atom stereocenters. The molecule has 7 nitrogen and oxygen atoms in total. The van der Waals surface area contributed by atoms with Gasteiger partial charge in [0.25, 0.3) is 11.6 Å². The number of nitro groups is 1. The van der Waals surface area contributed by atoms with Crippen LogP contribution in [0.15, 0.2) is 82.0 Å². The first kappa shape index (κ1) is 19.1. The first-order valence-electron chi connectivity index (χ1n) is 9.13. The first-order chi connectivity index (χ1) is 14.5. The third-order valence-corrected chi connectivity index (χ3v) is 4.74. The Kier molecular flexibility index (Phi) is 4.85. The number of fused-ring (bicyclic) bond motifs is 1. The number of para-hydroxylation sites is 1. The third kappa shape index (κ3) is 3.44. The van der Waals surface area contributed by atoms with E-state index in [9.17, 15) is 19.7 Å². The summed E-state index contributed by atoms with van der Waals surface area (Å²) in [5.74, 6) is -0.519. The summed E-state index contributed by atoms with van der Waals surface area (Å²) in [6.07, 6.45) is 0. The number of hydrogen-bond acceptors (Lipinski definition) is 5. The molecule has 0 radical (unpaired) electrons. The van der Waals surface area contributed by atoms with E-state index in [0.29, 0.717) is 16.5 Å². The smallest absolute Gasteiger partial charge is 0.269 e. The number of nitro benzene ring substituents is 1. The quantitative estimate of drug-likeness (QED) is 0.386. The molecule has 1 amide bonds. The number of non-ortho nitro benzene ring substituents is 1. The topological polar surface area (TPSA) is 102 Å². The fourth-order valence-electron chi connectivity index (χ4n) is 3.22. The monoisotopic (exact) mass is 400 g/mol. The zero-order chi connectivity index (χ0) is 21.3. The Hall–Kier alpha value is -4.26. The third-order valence-electron chi connectivity index (χ3n) is 4.74. The van der Waals surface area contributed by atoms with Crippen LogP contribution in [0, 0.1) is 17.0 Å². The Bertz CT molecular complexity index is 1330. The Labute approximate surface area is 170 Å². The minimum Gasteiger partial charge on any atom is -0.439 e. The molecule has 0 aliphatic heterocycles. The van der Waals surface area contributed by atoms with E-state index in [1.54, 1.807) is 36.4 Å². The molecule has 0 saturated carbocycles. The van der Waals surface area contributed by atoms with Gasteiger partial charge in [0.15, 0.2) is 0 Å². The van der Waals surface area contributed by atoms with Gasteiger partial charge in [-0.25, -0.2) is 0 Å². The molecule has 0 aliphatic rings. The molecule has 30 heavy (non-hydrogen) atoms. The van der Waals surface area contributed by atoms with Crippen molar-refractivity contribution in [3.63, 3.8) is 0 Å². The van der Waals surface area contributed by atoms with Gasteiger partial charge in [-0.05, 0) is 36.2 Å². The van der Waals surface area contributed by atoms with Gasteiger partial charge in [0.1, 0.15) is 5.58 Å². The number of rotatable bonds is 4. The Balaban J connectivity index is 1.84. The molecular formula is C23H16N2O5. The number of amides is 1. The number of hydrogen-bond donors (Lipinski definition) is 1. The number of carbonyl (C=O) groups excluding carboxylic acids is 1. The van der Waals surface area contributed by atoms with E-state index in [1.165, 1.54) is 24.3 Å². The van der Waals surface area contributed by atoms with Gasteiger partial charge in [0.05, 0.1) is 15.9 Å². The van der Waals surface area contributed by atoms with Gasteiger partial charge < -0.3 is 4.42 Å². The summed E-state index contributed by atoms with van der Waals surface area (Å²) in [5, 5.41) is 13.9. The Morgan fingerprint density at radius 1 is 0.967 bits per heavy atom. The van der Waals surface area contributed by atoms with E-state index >= 15 is 0 Å². The summed E-state index contributed by atoms with van der Waals surface area (Å²) >= 11 is 0. The minimum atomic E-state index is -0.543. The summed E-state index contributed by atoms with van der Waals surface area (Å²) in [6.45, 7) is 1.81. The van der Waals surface area contributed by atoms with Gasteiger partial charge >= 0.3 is 0 Å². The molecule has 7 heteroatoms. The Morgan fingerprint density at radius 3 is 2.33 bits per heavy atom. The van der Waals surface area contributed by atoms with Crippen LogP contribution < -0.4 is 10.7 Å². The second-order valence-corrected chi connectivity index (χ2v) is 6.71. The van der Waals surface area contributed by atoms with Crippen LogP contribution >= 0.6 is 0 Å². The van der Waals surface area contributed by atoms with Crippen LogP contribution in [0.1, 0.15) is 15.9 Å². The number of nitrogens with zero attached hydrogens (tertiary/aromatic N) is 1. The lowest BCUT2D eigenvalue weighted by Gasteiger charge is -2.12. The van der Waals surface area contributed by atoms with Crippen molar-refractivity contribution >= 4 is 28.4 Å². The SMILES string of the molecule is Cc1cccc2c(=O)c(-c3ccccc3)c(NC(=O)c3ccc([N+](=O)[O-])cc3)oc12. The van der Waals surface area contributed by atoms with Gasteiger partial charge in [0, 0.05) is 17.7 Å². The largest absolute Gasteiger partial charge is 0.439 e. The van der Waals surface area contributed by atoms with Crippen LogP contribution in [0.25, 0.3) is 22.1 Å². The fourth-order valence-corrected chi connectivity index (χ4v) is 3.22. The van der Waals surface area contributed by atoms with Crippen molar-refractivity contribution in [3.8, 4) is 11.1 Å². The number of aryl methyl sites for hydroxylation is 1. The molecular weight excluding hydrogens is 384 g/mol. The van der Waals surface area contributed by atoms with Gasteiger partial charge in [-0.3, -0.25) is 25.0 Å². The zero-order valence-electron chi connectivity index (χ0n) is 15.9. The maximum Gasteiger partial charge on any atom is 0.269 e. The molecule has 0 bridgehead atoms. The van der Waals surface area contributed by atoms with Crippen LogP contribution in [0.4, 0.5) is 11.6 Å². The summed E-state index contributed by atoms with van der Waals surface area (Å²) in [5.41, 5.74) is 1.82. The lowest BCUT2D eigenvalue weighted by molar-refractivity contribution is -0.384. The van der Waals surface area contributed by atoms with Crippen LogP contribution in [0.2, 0.25) is 0 Å². The first-order valence-corrected chi connectivity index (χ1v) is 9.13. The van der Waals surface area contributed by atoms with Crippen molar-refractivity contribution in [3.05, 3.63) is 104 Å². The maximum absolute atomic E-state index is 13.3. The second-order valence-electron chi connectivity index (χ2n) is 6.71. The Morgan fingerprint density at radius 2 is 1.67 bits per heavy atom. The lowest BCUT2D eigenvalue weighted by Crippen LogP contribution is -2.16. The van der Waals surface area contributed by atoms with Crippen molar-refractivity contribution in [1.82, 2.24) is 0 Å². The molecule has 1 aromatic heterocycles. The maximum atomic E-state index is 13.3. The van der Waals surface area contributed by atoms with Crippen molar-refractivity contribution in [2.75, 3.05) is 5.32 Å². The highest BCUT2D eigenvalue weighted by atomic mass is 16.6. The fraction of sp³-hybridized carbons (Fsp3) is 0.0435.